The molecule has 30 heavy (non-hydrogen) atoms. The van der Waals surface area contributed by atoms with Gasteiger partial charge in [0.05, 0.1) is 21.2 Å². The number of rotatable bonds is 5. The van der Waals surface area contributed by atoms with Crippen LogP contribution in [0.1, 0.15) is 15.4 Å². The van der Waals surface area contributed by atoms with E-state index in [1.54, 1.807) is 12.1 Å². The van der Waals surface area contributed by atoms with Crippen LogP contribution in [0.5, 0.6) is 0 Å². The van der Waals surface area contributed by atoms with Crippen LogP contribution in [0.15, 0.2) is 65.6 Å². The van der Waals surface area contributed by atoms with Crippen LogP contribution in [0.3, 0.4) is 0 Å². The van der Waals surface area contributed by atoms with Gasteiger partial charge in [0.2, 0.25) is 10.0 Å². The van der Waals surface area contributed by atoms with Crippen LogP contribution in [0.4, 0.5) is 5.69 Å². The normalized spacial score (nSPS) is 11.9. The minimum absolute atomic E-state index is 0.122. The largest absolute Gasteiger partial charge is 0.321 e. The fourth-order valence-corrected chi connectivity index (χ4v) is 5.07. The topological polar surface area (TPSA) is 84.3 Å². The lowest BCUT2D eigenvalue weighted by molar-refractivity contribution is 0.103. The van der Waals surface area contributed by atoms with Crippen molar-refractivity contribution < 1.29 is 13.2 Å². The van der Waals surface area contributed by atoms with Crippen LogP contribution >= 0.6 is 11.3 Å². The number of amides is 1. The molecule has 7 nitrogen and oxygen atoms in total. The average Bonchev–Trinajstić information content (AvgIpc) is 3.29. The van der Waals surface area contributed by atoms with Gasteiger partial charge in [-0.3, -0.25) is 4.79 Å². The van der Waals surface area contributed by atoms with Gasteiger partial charge < -0.3 is 5.32 Å². The zero-order valence-corrected chi connectivity index (χ0v) is 18.3. The van der Waals surface area contributed by atoms with E-state index in [1.165, 1.54) is 37.6 Å². The van der Waals surface area contributed by atoms with Gasteiger partial charge in [-0.05, 0) is 43.3 Å². The molecule has 4 rings (SSSR count). The Morgan fingerprint density at radius 2 is 1.80 bits per heavy atom. The molecule has 154 valence electrons. The first-order chi connectivity index (χ1) is 14.3. The van der Waals surface area contributed by atoms with E-state index in [0.29, 0.717) is 10.6 Å². The number of sulfonamides is 1. The molecular formula is C21H20N4O3S2. The number of anilines is 1. The molecular weight excluding hydrogens is 420 g/mol. The highest BCUT2D eigenvalue weighted by Gasteiger charge is 2.20. The number of aryl methyl sites for hydroxylation is 1. The van der Waals surface area contributed by atoms with Crippen molar-refractivity contribution in [2.45, 2.75) is 11.8 Å². The van der Waals surface area contributed by atoms with E-state index in [-0.39, 0.29) is 10.8 Å². The molecule has 0 aliphatic rings. The highest BCUT2D eigenvalue weighted by Crippen LogP contribution is 2.31. The van der Waals surface area contributed by atoms with E-state index in [2.05, 4.69) is 10.4 Å². The monoisotopic (exact) mass is 440 g/mol. The number of nitrogens with zero attached hydrogens (tertiary/aromatic N) is 3. The number of aromatic nitrogens is 2. The smallest absolute Gasteiger partial charge is 0.265 e. The van der Waals surface area contributed by atoms with Crippen molar-refractivity contribution in [1.82, 2.24) is 14.1 Å². The van der Waals surface area contributed by atoms with Gasteiger partial charge in [0.25, 0.3) is 5.91 Å². The molecule has 0 spiro atoms. The van der Waals surface area contributed by atoms with Crippen LogP contribution in [0.2, 0.25) is 0 Å². The molecule has 0 unspecified atom stereocenters. The third kappa shape index (κ3) is 3.62. The molecule has 0 bridgehead atoms. The van der Waals surface area contributed by atoms with Gasteiger partial charge in [0.1, 0.15) is 4.83 Å². The molecule has 2 aromatic heterocycles. The number of thiophene rings is 1. The molecule has 9 heteroatoms. The minimum atomic E-state index is -3.58. The van der Waals surface area contributed by atoms with Crippen LogP contribution < -0.4 is 5.32 Å². The predicted molar refractivity (Wildman–Crippen MR) is 119 cm³/mol. The van der Waals surface area contributed by atoms with Gasteiger partial charge in [0, 0.05) is 25.2 Å². The van der Waals surface area contributed by atoms with Crippen molar-refractivity contribution in [2.24, 2.45) is 0 Å². The fourth-order valence-electron chi connectivity index (χ4n) is 3.04. The standard InChI is InChI=1S/C21H20N4O3S2/c1-14-18-13-19(29-21(18)25(23-14)16-9-5-4-6-10-16)20(26)22-15-8-7-11-17(12-15)30(27,28)24(2)3/h4-13H,1-3H3,(H,22,26). The molecule has 0 atom stereocenters. The van der Waals surface area contributed by atoms with Gasteiger partial charge in [-0.1, -0.05) is 24.3 Å². The lowest BCUT2D eigenvalue weighted by atomic mass is 10.3. The van der Waals surface area contributed by atoms with Crippen molar-refractivity contribution in [3.8, 4) is 5.69 Å². The second kappa shape index (κ2) is 7.67. The maximum Gasteiger partial charge on any atom is 0.265 e. The summed E-state index contributed by atoms with van der Waals surface area (Å²) in [6.07, 6.45) is 0. The molecule has 1 N–H and O–H groups in total. The Morgan fingerprint density at radius 1 is 1.07 bits per heavy atom. The maximum atomic E-state index is 12.8. The Bertz CT molecular complexity index is 1340. The summed E-state index contributed by atoms with van der Waals surface area (Å²) in [7, 11) is -0.643. The van der Waals surface area contributed by atoms with E-state index in [4.69, 9.17) is 0 Å². The molecule has 2 heterocycles. The SMILES string of the molecule is Cc1nn(-c2ccccc2)c2sc(C(=O)Nc3cccc(S(=O)(=O)N(C)C)c3)cc12. The van der Waals surface area contributed by atoms with E-state index < -0.39 is 10.0 Å². The summed E-state index contributed by atoms with van der Waals surface area (Å²) in [4.78, 5) is 14.4. The summed E-state index contributed by atoms with van der Waals surface area (Å²) in [5, 5.41) is 8.30. The summed E-state index contributed by atoms with van der Waals surface area (Å²) in [5.41, 5.74) is 2.18. The number of hydrogen-bond donors (Lipinski definition) is 1. The van der Waals surface area contributed by atoms with Crippen LogP contribution in [-0.4, -0.2) is 42.5 Å². The Labute approximate surface area is 178 Å². The van der Waals surface area contributed by atoms with Gasteiger partial charge in [-0.2, -0.15) is 5.10 Å². The lowest BCUT2D eigenvalue weighted by Gasteiger charge is -2.12. The molecule has 0 fully saturated rings. The molecule has 1 amide bonds. The Kier molecular flexibility index (Phi) is 5.19. The third-order valence-electron chi connectivity index (χ3n) is 4.64. The number of benzene rings is 2. The molecule has 4 aromatic rings. The summed E-state index contributed by atoms with van der Waals surface area (Å²) in [6.45, 7) is 1.91. The summed E-state index contributed by atoms with van der Waals surface area (Å²) in [5.74, 6) is -0.297. The fraction of sp³-hybridized carbons (Fsp3) is 0.143. The Hall–Kier alpha value is -3.01. The predicted octanol–water partition coefficient (Wildman–Crippen LogP) is 3.90. The molecule has 0 radical (unpaired) electrons. The summed E-state index contributed by atoms with van der Waals surface area (Å²) >= 11 is 1.34. The molecule has 0 aliphatic carbocycles. The maximum absolute atomic E-state index is 12.8. The van der Waals surface area contributed by atoms with Crippen molar-refractivity contribution in [3.63, 3.8) is 0 Å². The molecule has 0 saturated heterocycles. The number of fused-ring (bicyclic) bond motifs is 1. The average molecular weight is 441 g/mol. The number of hydrogen-bond acceptors (Lipinski definition) is 5. The number of carbonyl (C=O) groups is 1. The first kappa shape index (κ1) is 20.3. The lowest BCUT2D eigenvalue weighted by Crippen LogP contribution is -2.22. The van der Waals surface area contributed by atoms with E-state index >= 15 is 0 Å². The minimum Gasteiger partial charge on any atom is -0.321 e. The molecule has 2 aromatic carbocycles. The highest BCUT2D eigenvalue weighted by atomic mass is 32.2. The zero-order chi connectivity index (χ0) is 21.5. The van der Waals surface area contributed by atoms with E-state index in [1.807, 2.05) is 48.0 Å². The van der Waals surface area contributed by atoms with Crippen LogP contribution in [0, 0.1) is 6.92 Å². The second-order valence-corrected chi connectivity index (χ2v) is 10.1. The van der Waals surface area contributed by atoms with Crippen LogP contribution in [0.25, 0.3) is 15.9 Å². The van der Waals surface area contributed by atoms with Crippen molar-refractivity contribution in [2.75, 3.05) is 19.4 Å². The Balaban J connectivity index is 1.65. The Morgan fingerprint density at radius 3 is 2.50 bits per heavy atom. The molecule has 0 saturated carbocycles. The zero-order valence-electron chi connectivity index (χ0n) is 16.7. The second-order valence-electron chi connectivity index (χ2n) is 6.93. The van der Waals surface area contributed by atoms with Crippen LogP contribution in [-0.2, 0) is 10.0 Å². The third-order valence-corrected chi connectivity index (χ3v) is 7.56. The first-order valence-electron chi connectivity index (χ1n) is 9.16. The molecule has 0 aliphatic heterocycles. The summed E-state index contributed by atoms with van der Waals surface area (Å²) < 4.78 is 27.6. The van der Waals surface area contributed by atoms with Crippen molar-refractivity contribution in [1.29, 1.82) is 0 Å². The summed E-state index contributed by atoms with van der Waals surface area (Å²) in [6, 6.07) is 17.8. The van der Waals surface area contributed by atoms with Gasteiger partial charge >= 0.3 is 0 Å². The highest BCUT2D eigenvalue weighted by molar-refractivity contribution is 7.89. The number of carbonyl (C=O) groups excluding carboxylic acids is 1. The van der Waals surface area contributed by atoms with E-state index in [9.17, 15) is 13.2 Å². The van der Waals surface area contributed by atoms with Crippen molar-refractivity contribution in [3.05, 3.63) is 71.2 Å². The van der Waals surface area contributed by atoms with Gasteiger partial charge in [-0.15, -0.1) is 11.3 Å². The number of nitrogens with one attached hydrogen (secondary N) is 1. The number of para-hydroxylation sites is 1. The first-order valence-corrected chi connectivity index (χ1v) is 11.4. The quantitative estimate of drug-likeness (QED) is 0.510. The van der Waals surface area contributed by atoms with Crippen molar-refractivity contribution >= 4 is 43.2 Å². The van der Waals surface area contributed by atoms with E-state index in [0.717, 1.165) is 25.9 Å². The van der Waals surface area contributed by atoms with Gasteiger partial charge in [0.15, 0.2) is 0 Å². The van der Waals surface area contributed by atoms with Gasteiger partial charge in [-0.25, -0.2) is 17.4 Å².